The summed E-state index contributed by atoms with van der Waals surface area (Å²) in [4.78, 5) is 12.0. The van der Waals surface area contributed by atoms with Crippen molar-refractivity contribution in [3.63, 3.8) is 0 Å². The van der Waals surface area contributed by atoms with Gasteiger partial charge in [0.05, 0.1) is 23.7 Å². The maximum Gasteiger partial charge on any atom is 0.407 e. The number of carbonyl (C=O) groups is 1. The lowest BCUT2D eigenvalue weighted by Crippen LogP contribution is -2.44. The smallest absolute Gasteiger partial charge is 0.407 e. The predicted octanol–water partition coefficient (Wildman–Crippen LogP) is 3.04. The summed E-state index contributed by atoms with van der Waals surface area (Å²) >= 11 is 0. The first-order valence-electron chi connectivity index (χ1n) is 9.59. The topological polar surface area (TPSA) is 92.7 Å². The number of hydrogen-bond acceptors (Lipinski definition) is 5. The SMILES string of the molecule is CCCCOC(=O)NC(CC(O)CS(=O)(=O)C(C)C)C1CCCCC1. The largest absolute Gasteiger partial charge is 0.450 e. The van der Waals surface area contributed by atoms with Crippen LogP contribution in [0.3, 0.4) is 0 Å². The van der Waals surface area contributed by atoms with E-state index in [2.05, 4.69) is 5.32 Å². The molecule has 2 N–H and O–H groups in total. The Kier molecular flexibility index (Phi) is 9.79. The molecule has 0 heterocycles. The number of aliphatic hydroxyl groups excluding tert-OH is 1. The number of amides is 1. The zero-order chi connectivity index (χ0) is 18.9. The van der Waals surface area contributed by atoms with E-state index in [1.807, 2.05) is 6.92 Å². The van der Waals surface area contributed by atoms with Crippen molar-refractivity contribution >= 4 is 15.9 Å². The van der Waals surface area contributed by atoms with E-state index in [0.29, 0.717) is 6.61 Å². The van der Waals surface area contributed by atoms with Crippen LogP contribution in [0.4, 0.5) is 4.79 Å². The average molecular weight is 378 g/mol. The Hall–Kier alpha value is -0.820. The third kappa shape index (κ3) is 8.40. The lowest BCUT2D eigenvalue weighted by Gasteiger charge is -2.32. The Morgan fingerprint density at radius 2 is 1.88 bits per heavy atom. The highest BCUT2D eigenvalue weighted by Crippen LogP contribution is 2.28. The third-order valence-corrected chi connectivity index (χ3v) is 7.21. The van der Waals surface area contributed by atoms with E-state index in [4.69, 9.17) is 4.74 Å². The van der Waals surface area contributed by atoms with E-state index in [1.165, 1.54) is 6.42 Å². The minimum atomic E-state index is -3.31. The fraction of sp³-hybridized carbons (Fsp3) is 0.944. The fourth-order valence-corrected chi connectivity index (χ4v) is 4.29. The third-order valence-electron chi connectivity index (χ3n) is 4.92. The summed E-state index contributed by atoms with van der Waals surface area (Å²) in [6.45, 7) is 5.63. The standard InChI is InChI=1S/C18H35NO5S/c1-4-5-11-24-18(21)19-17(15-9-7-6-8-10-15)12-16(20)13-25(22,23)14(2)3/h14-17,20H,4-13H2,1-3H3,(H,19,21). The number of carbonyl (C=O) groups excluding carboxylic acids is 1. The molecule has 7 heteroatoms. The first-order valence-corrected chi connectivity index (χ1v) is 11.3. The van der Waals surface area contributed by atoms with Crippen LogP contribution in [-0.4, -0.2) is 49.4 Å². The molecule has 148 valence electrons. The number of alkyl carbamates (subject to hydrolysis) is 1. The molecule has 1 amide bonds. The molecular weight excluding hydrogens is 342 g/mol. The van der Waals surface area contributed by atoms with Crippen LogP contribution in [0.25, 0.3) is 0 Å². The Bertz CT molecular complexity index is 486. The molecule has 1 saturated carbocycles. The van der Waals surface area contributed by atoms with Gasteiger partial charge in [-0.15, -0.1) is 0 Å². The quantitative estimate of drug-likeness (QED) is 0.571. The van der Waals surface area contributed by atoms with E-state index in [-0.39, 0.29) is 24.1 Å². The number of hydrogen-bond donors (Lipinski definition) is 2. The summed E-state index contributed by atoms with van der Waals surface area (Å²) < 4.78 is 29.2. The minimum Gasteiger partial charge on any atom is -0.450 e. The van der Waals surface area contributed by atoms with Gasteiger partial charge in [-0.05, 0) is 45.4 Å². The molecule has 0 spiro atoms. The second-order valence-corrected chi connectivity index (χ2v) is 10.0. The molecule has 2 unspecified atom stereocenters. The van der Waals surface area contributed by atoms with E-state index in [0.717, 1.165) is 38.5 Å². The fourth-order valence-electron chi connectivity index (χ4n) is 3.23. The highest BCUT2D eigenvalue weighted by molar-refractivity contribution is 7.92. The summed E-state index contributed by atoms with van der Waals surface area (Å²) in [6, 6.07) is -0.244. The molecule has 0 aliphatic heterocycles. The van der Waals surface area contributed by atoms with Gasteiger partial charge in [-0.1, -0.05) is 32.6 Å². The molecule has 0 aromatic heterocycles. The molecule has 25 heavy (non-hydrogen) atoms. The van der Waals surface area contributed by atoms with Crippen LogP contribution < -0.4 is 5.32 Å². The molecule has 1 aliphatic rings. The Morgan fingerprint density at radius 3 is 2.44 bits per heavy atom. The molecule has 6 nitrogen and oxygen atoms in total. The highest BCUT2D eigenvalue weighted by atomic mass is 32.2. The number of rotatable bonds is 10. The molecule has 2 atom stereocenters. The van der Waals surface area contributed by atoms with Gasteiger partial charge in [0.25, 0.3) is 0 Å². The summed E-state index contributed by atoms with van der Waals surface area (Å²) in [6.07, 6.45) is 5.95. The predicted molar refractivity (Wildman–Crippen MR) is 99.3 cm³/mol. The summed E-state index contributed by atoms with van der Waals surface area (Å²) in [7, 11) is -3.31. The van der Waals surface area contributed by atoms with E-state index in [1.54, 1.807) is 13.8 Å². The summed E-state index contributed by atoms with van der Waals surface area (Å²) in [5.74, 6) is 0.00404. The number of nitrogens with one attached hydrogen (secondary N) is 1. The first-order chi connectivity index (χ1) is 11.8. The van der Waals surface area contributed by atoms with Crippen LogP contribution in [0, 0.1) is 5.92 Å². The van der Waals surface area contributed by atoms with E-state index in [9.17, 15) is 18.3 Å². The van der Waals surface area contributed by atoms with Gasteiger partial charge in [-0.2, -0.15) is 0 Å². The van der Waals surface area contributed by atoms with Crippen molar-refractivity contribution in [1.29, 1.82) is 0 Å². The normalized spacial score (nSPS) is 18.8. The monoisotopic (exact) mass is 377 g/mol. The van der Waals surface area contributed by atoms with Crippen LogP contribution in [0.15, 0.2) is 0 Å². The Morgan fingerprint density at radius 1 is 1.24 bits per heavy atom. The lowest BCUT2D eigenvalue weighted by atomic mass is 9.82. The average Bonchev–Trinajstić information content (AvgIpc) is 2.54. The number of sulfone groups is 1. The van der Waals surface area contributed by atoms with Crippen molar-refractivity contribution in [3.05, 3.63) is 0 Å². The maximum absolute atomic E-state index is 12.0. The second kappa shape index (κ2) is 11.0. The summed E-state index contributed by atoms with van der Waals surface area (Å²) in [5.41, 5.74) is 0. The van der Waals surface area contributed by atoms with Crippen LogP contribution in [0.1, 0.15) is 72.1 Å². The minimum absolute atomic E-state index is 0.244. The van der Waals surface area contributed by atoms with Crippen molar-refractivity contribution in [3.8, 4) is 0 Å². The number of aliphatic hydroxyl groups is 1. The molecular formula is C18H35NO5S. The van der Waals surface area contributed by atoms with Crippen molar-refractivity contribution in [2.75, 3.05) is 12.4 Å². The van der Waals surface area contributed by atoms with Crippen molar-refractivity contribution in [1.82, 2.24) is 5.32 Å². The van der Waals surface area contributed by atoms with Gasteiger partial charge in [0.15, 0.2) is 9.84 Å². The zero-order valence-corrected chi connectivity index (χ0v) is 16.7. The second-order valence-electron chi connectivity index (χ2n) is 7.41. The molecule has 0 radical (unpaired) electrons. The van der Waals surface area contributed by atoms with Gasteiger partial charge in [0.1, 0.15) is 0 Å². The molecule has 0 aromatic rings. The molecule has 0 saturated heterocycles. The lowest BCUT2D eigenvalue weighted by molar-refractivity contribution is 0.115. The van der Waals surface area contributed by atoms with E-state index < -0.39 is 27.3 Å². The molecule has 0 aromatic carbocycles. The van der Waals surface area contributed by atoms with Crippen LogP contribution in [0.5, 0.6) is 0 Å². The van der Waals surface area contributed by atoms with Gasteiger partial charge in [0, 0.05) is 6.04 Å². The molecule has 1 aliphatic carbocycles. The highest BCUT2D eigenvalue weighted by Gasteiger charge is 2.30. The number of ether oxygens (including phenoxy) is 1. The van der Waals surface area contributed by atoms with Crippen LogP contribution in [0.2, 0.25) is 0 Å². The molecule has 1 rings (SSSR count). The Labute approximate surface area is 152 Å². The zero-order valence-electron chi connectivity index (χ0n) is 15.9. The van der Waals surface area contributed by atoms with E-state index >= 15 is 0 Å². The van der Waals surface area contributed by atoms with Gasteiger partial charge < -0.3 is 15.2 Å². The van der Waals surface area contributed by atoms with Crippen LogP contribution >= 0.6 is 0 Å². The maximum atomic E-state index is 12.0. The van der Waals surface area contributed by atoms with Crippen molar-refractivity contribution in [2.24, 2.45) is 5.92 Å². The van der Waals surface area contributed by atoms with Crippen molar-refractivity contribution in [2.45, 2.75) is 89.5 Å². The first kappa shape index (κ1) is 22.2. The van der Waals surface area contributed by atoms with Gasteiger partial charge in [-0.3, -0.25) is 0 Å². The van der Waals surface area contributed by atoms with Gasteiger partial charge >= 0.3 is 6.09 Å². The van der Waals surface area contributed by atoms with Crippen LogP contribution in [-0.2, 0) is 14.6 Å². The molecule has 0 bridgehead atoms. The van der Waals surface area contributed by atoms with Gasteiger partial charge in [0.2, 0.25) is 0 Å². The van der Waals surface area contributed by atoms with Crippen molar-refractivity contribution < 1.29 is 23.1 Å². The number of unbranched alkanes of at least 4 members (excludes halogenated alkanes) is 1. The molecule has 1 fully saturated rings. The summed E-state index contributed by atoms with van der Waals surface area (Å²) in [5, 5.41) is 12.7. The Balaban J connectivity index is 2.65. The van der Waals surface area contributed by atoms with Gasteiger partial charge in [-0.25, -0.2) is 13.2 Å².